The Morgan fingerprint density at radius 1 is 1.26 bits per heavy atom. The number of nitrogens with one attached hydrogen (secondary N) is 1. The topological polar surface area (TPSA) is 99.4 Å². The number of nitrogen functional groups attached to an aromatic ring is 1. The lowest BCUT2D eigenvalue weighted by atomic mass is 10.0. The van der Waals surface area contributed by atoms with Gasteiger partial charge in [-0.2, -0.15) is 4.98 Å². The summed E-state index contributed by atoms with van der Waals surface area (Å²) in [6.45, 7) is 7.93. The summed E-state index contributed by atoms with van der Waals surface area (Å²) in [5.41, 5.74) is 7.01. The van der Waals surface area contributed by atoms with Gasteiger partial charge in [0.2, 0.25) is 11.9 Å². The molecule has 0 aliphatic heterocycles. The summed E-state index contributed by atoms with van der Waals surface area (Å²) in [4.78, 5) is 20.3. The number of halogens is 1. The number of carbonyl (C=O) groups is 1. The van der Waals surface area contributed by atoms with Crippen LogP contribution in [0.3, 0.4) is 0 Å². The lowest BCUT2D eigenvalue weighted by Gasteiger charge is -2.17. The van der Waals surface area contributed by atoms with Crippen LogP contribution in [0.2, 0.25) is 0 Å². The summed E-state index contributed by atoms with van der Waals surface area (Å²) in [7, 11) is 1.64. The highest BCUT2D eigenvalue weighted by molar-refractivity contribution is 14.1. The zero-order valence-corrected chi connectivity index (χ0v) is 18.3. The molecule has 0 spiro atoms. The van der Waals surface area contributed by atoms with Gasteiger partial charge in [0.15, 0.2) is 11.6 Å². The number of ether oxygens (including phenoxy) is 2. The highest BCUT2D eigenvalue weighted by atomic mass is 127. The monoisotopic (exact) mass is 484 g/mol. The Labute approximate surface area is 173 Å². The second-order valence-corrected chi connectivity index (χ2v) is 7.69. The molecule has 3 N–H and O–H groups in total. The lowest BCUT2D eigenvalue weighted by molar-refractivity contribution is -0.119. The van der Waals surface area contributed by atoms with Gasteiger partial charge in [-0.25, -0.2) is 4.98 Å². The summed E-state index contributed by atoms with van der Waals surface area (Å²) < 4.78 is 12.3. The summed E-state index contributed by atoms with van der Waals surface area (Å²) in [5.74, 6) is 2.07. The number of hydrogen-bond donors (Lipinski definition) is 2. The van der Waals surface area contributed by atoms with Gasteiger partial charge in [-0.3, -0.25) is 10.1 Å². The molecule has 0 saturated carbocycles. The van der Waals surface area contributed by atoms with Crippen LogP contribution >= 0.6 is 22.6 Å². The predicted octanol–water partition coefficient (Wildman–Crippen LogP) is 4.57. The second-order valence-electron chi connectivity index (χ2n) is 6.52. The van der Waals surface area contributed by atoms with Crippen molar-refractivity contribution in [1.82, 2.24) is 9.97 Å². The normalized spacial score (nSPS) is 12.0. The molecule has 0 aliphatic rings. The molecule has 0 aliphatic carbocycles. The molecular formula is C19H25IN4O3. The van der Waals surface area contributed by atoms with E-state index in [1.54, 1.807) is 7.11 Å². The molecule has 1 unspecified atom stereocenters. The van der Waals surface area contributed by atoms with Crippen LogP contribution in [0.4, 0.5) is 11.8 Å². The number of nitrogens with zero attached hydrogens (tertiary/aromatic N) is 2. The van der Waals surface area contributed by atoms with Gasteiger partial charge in [-0.15, -0.1) is 0 Å². The van der Waals surface area contributed by atoms with Crippen molar-refractivity contribution in [1.29, 1.82) is 0 Å². The molecule has 8 heteroatoms. The van der Waals surface area contributed by atoms with Gasteiger partial charge < -0.3 is 15.2 Å². The molecule has 146 valence electrons. The highest BCUT2D eigenvalue weighted by Gasteiger charge is 2.17. The van der Waals surface area contributed by atoms with Gasteiger partial charge >= 0.3 is 0 Å². The third kappa shape index (κ3) is 5.21. The van der Waals surface area contributed by atoms with Gasteiger partial charge in [0.25, 0.3) is 0 Å². The van der Waals surface area contributed by atoms with E-state index in [1.165, 1.54) is 6.20 Å². The molecule has 0 fully saturated rings. The molecule has 2 rings (SSSR count). The van der Waals surface area contributed by atoms with E-state index >= 15 is 0 Å². The average Bonchev–Trinajstić information content (AvgIpc) is 2.63. The minimum Gasteiger partial charge on any atom is -0.496 e. The Morgan fingerprint density at radius 3 is 2.52 bits per heavy atom. The average molecular weight is 484 g/mol. The molecule has 2 aromatic rings. The van der Waals surface area contributed by atoms with Gasteiger partial charge in [0, 0.05) is 11.5 Å². The Bertz CT molecular complexity index is 827. The minimum atomic E-state index is -0.141. The van der Waals surface area contributed by atoms with Crippen LogP contribution in [-0.4, -0.2) is 23.0 Å². The second kappa shape index (κ2) is 9.20. The fourth-order valence-corrected chi connectivity index (χ4v) is 2.97. The number of aromatic nitrogens is 2. The summed E-state index contributed by atoms with van der Waals surface area (Å²) >= 11 is 2.19. The van der Waals surface area contributed by atoms with Crippen LogP contribution in [0.1, 0.15) is 45.6 Å². The molecule has 1 atom stereocenters. The van der Waals surface area contributed by atoms with E-state index in [2.05, 4.69) is 51.7 Å². The van der Waals surface area contributed by atoms with Crippen LogP contribution in [0, 0.1) is 9.49 Å². The first kappa shape index (κ1) is 21.2. The molecule has 0 bridgehead atoms. The quantitative estimate of drug-likeness (QED) is 0.559. The van der Waals surface area contributed by atoms with Crippen molar-refractivity contribution < 1.29 is 14.3 Å². The van der Waals surface area contributed by atoms with Crippen LogP contribution < -0.4 is 20.5 Å². The molecule has 0 saturated heterocycles. The Balaban J connectivity index is 2.28. The van der Waals surface area contributed by atoms with Crippen LogP contribution in [0.5, 0.6) is 17.2 Å². The maximum atomic E-state index is 12.0. The Morgan fingerprint density at radius 2 is 1.96 bits per heavy atom. The SMILES string of the molecule is CCC(C)C(=O)Nc1ncc(Oc2cc(I)c(OC)cc2C(C)C)c(N)n1. The van der Waals surface area contributed by atoms with Crippen molar-refractivity contribution in [2.75, 3.05) is 18.2 Å². The molecule has 1 amide bonds. The van der Waals surface area contributed by atoms with E-state index in [9.17, 15) is 4.79 Å². The fourth-order valence-electron chi connectivity index (χ4n) is 2.31. The molecule has 1 heterocycles. The van der Waals surface area contributed by atoms with Crippen molar-refractivity contribution in [3.05, 3.63) is 27.5 Å². The first-order chi connectivity index (χ1) is 12.8. The van der Waals surface area contributed by atoms with Gasteiger partial charge in [0.05, 0.1) is 16.9 Å². The van der Waals surface area contributed by atoms with Crippen LogP contribution in [-0.2, 0) is 4.79 Å². The Hall–Kier alpha value is -2.10. The lowest BCUT2D eigenvalue weighted by Crippen LogP contribution is -2.21. The predicted molar refractivity (Wildman–Crippen MR) is 114 cm³/mol. The third-order valence-electron chi connectivity index (χ3n) is 4.20. The van der Waals surface area contributed by atoms with E-state index in [1.807, 2.05) is 26.0 Å². The third-order valence-corrected chi connectivity index (χ3v) is 5.05. The molecule has 27 heavy (non-hydrogen) atoms. The maximum absolute atomic E-state index is 12.0. The van der Waals surface area contributed by atoms with Crippen LogP contribution in [0.15, 0.2) is 18.3 Å². The van der Waals surface area contributed by atoms with E-state index in [0.29, 0.717) is 11.5 Å². The summed E-state index contributed by atoms with van der Waals surface area (Å²) in [6, 6.07) is 3.85. The van der Waals surface area contributed by atoms with Crippen molar-refractivity contribution in [3.63, 3.8) is 0 Å². The summed E-state index contributed by atoms with van der Waals surface area (Å²) in [5, 5.41) is 2.66. The zero-order chi connectivity index (χ0) is 20.1. The largest absolute Gasteiger partial charge is 0.496 e. The van der Waals surface area contributed by atoms with Crippen molar-refractivity contribution >= 4 is 40.3 Å². The summed E-state index contributed by atoms with van der Waals surface area (Å²) in [6.07, 6.45) is 2.20. The van der Waals surface area contributed by atoms with E-state index in [-0.39, 0.29) is 29.5 Å². The number of nitrogens with two attached hydrogens (primary N) is 1. The van der Waals surface area contributed by atoms with E-state index in [4.69, 9.17) is 15.2 Å². The number of benzene rings is 1. The van der Waals surface area contributed by atoms with Gasteiger partial charge in [-0.1, -0.05) is 27.7 Å². The molecule has 0 radical (unpaired) electrons. The van der Waals surface area contributed by atoms with Crippen LogP contribution in [0.25, 0.3) is 0 Å². The number of rotatable bonds is 7. The number of amides is 1. The van der Waals surface area contributed by atoms with Gasteiger partial charge in [-0.05, 0) is 47.1 Å². The van der Waals surface area contributed by atoms with Gasteiger partial charge in [0.1, 0.15) is 11.5 Å². The van der Waals surface area contributed by atoms with Crippen molar-refractivity contribution in [2.24, 2.45) is 5.92 Å². The zero-order valence-electron chi connectivity index (χ0n) is 16.2. The number of hydrogen-bond acceptors (Lipinski definition) is 6. The Kier molecular flexibility index (Phi) is 7.23. The smallest absolute Gasteiger partial charge is 0.231 e. The van der Waals surface area contributed by atoms with E-state index in [0.717, 1.165) is 21.3 Å². The van der Waals surface area contributed by atoms with Crippen molar-refractivity contribution in [2.45, 2.75) is 40.0 Å². The minimum absolute atomic E-state index is 0.124. The number of carbonyl (C=O) groups excluding carboxylic acids is 1. The highest BCUT2D eigenvalue weighted by Crippen LogP contribution is 2.37. The molecular weight excluding hydrogens is 459 g/mol. The number of methoxy groups -OCH3 is 1. The first-order valence-electron chi connectivity index (χ1n) is 8.75. The van der Waals surface area contributed by atoms with E-state index < -0.39 is 0 Å². The molecule has 7 nitrogen and oxygen atoms in total. The maximum Gasteiger partial charge on any atom is 0.231 e. The molecule has 1 aromatic heterocycles. The fraction of sp³-hybridized carbons (Fsp3) is 0.421. The first-order valence-corrected chi connectivity index (χ1v) is 9.83. The molecule has 1 aromatic carbocycles. The van der Waals surface area contributed by atoms with Crippen molar-refractivity contribution in [3.8, 4) is 17.2 Å². The number of anilines is 2. The standard InChI is InChI=1S/C19H25IN4O3/c1-6-11(4)18(25)24-19-22-9-16(17(21)23-19)27-14-8-13(20)15(26-5)7-12(14)10(2)3/h7-11H,6H2,1-5H3,(H3,21,22,23,24,25).